The summed E-state index contributed by atoms with van der Waals surface area (Å²) >= 11 is 0. The number of aromatic nitrogens is 1. The molecule has 1 saturated heterocycles. The minimum Gasteiger partial charge on any atom is -0.477 e. The average molecular weight is 234 g/mol. The Hall–Kier alpha value is -1.58. The summed E-state index contributed by atoms with van der Waals surface area (Å²) in [4.78, 5) is 17.3. The van der Waals surface area contributed by atoms with Crippen LogP contribution in [0.15, 0.2) is 18.2 Å². The second kappa shape index (κ2) is 5.66. The zero-order chi connectivity index (χ0) is 12.1. The highest BCUT2D eigenvalue weighted by Crippen LogP contribution is 2.17. The predicted molar refractivity (Wildman–Crippen MR) is 66.5 cm³/mol. The molecule has 0 aliphatic carbocycles. The largest absolute Gasteiger partial charge is 0.477 e. The van der Waals surface area contributed by atoms with E-state index in [2.05, 4.69) is 9.88 Å². The standard InChI is InChI=1S/C13H18N2O2/c16-13(17)11-7-6-8-12(14-11)15-9-4-2-1-3-5-10-15/h6-8H,1-5,9-10H2,(H,16,17). The lowest BCUT2D eigenvalue weighted by Crippen LogP contribution is -2.28. The number of aromatic carboxylic acids is 1. The molecule has 0 atom stereocenters. The van der Waals surface area contributed by atoms with Gasteiger partial charge in [0.1, 0.15) is 5.82 Å². The second-order valence-corrected chi connectivity index (χ2v) is 4.44. The van der Waals surface area contributed by atoms with Gasteiger partial charge in [-0.15, -0.1) is 0 Å². The summed E-state index contributed by atoms with van der Waals surface area (Å²) in [5.41, 5.74) is 0.129. The van der Waals surface area contributed by atoms with Gasteiger partial charge in [0.15, 0.2) is 5.69 Å². The summed E-state index contributed by atoms with van der Waals surface area (Å²) in [7, 11) is 0. The van der Waals surface area contributed by atoms with Crippen LogP contribution in [0.2, 0.25) is 0 Å². The van der Waals surface area contributed by atoms with E-state index in [-0.39, 0.29) is 5.69 Å². The molecule has 0 spiro atoms. The van der Waals surface area contributed by atoms with Crippen LogP contribution in [0.25, 0.3) is 0 Å². The summed E-state index contributed by atoms with van der Waals surface area (Å²) in [6.07, 6.45) is 6.17. The SMILES string of the molecule is O=C(O)c1cccc(N2CCCCCCC2)n1. The number of carboxylic acid groups (broad SMARTS) is 1. The summed E-state index contributed by atoms with van der Waals surface area (Å²) in [5.74, 6) is -0.161. The maximum absolute atomic E-state index is 10.9. The van der Waals surface area contributed by atoms with Crippen LogP contribution in [0.5, 0.6) is 0 Å². The van der Waals surface area contributed by atoms with Gasteiger partial charge in [-0.1, -0.05) is 25.3 Å². The number of hydrogen-bond donors (Lipinski definition) is 1. The van der Waals surface area contributed by atoms with Gasteiger partial charge in [-0.2, -0.15) is 0 Å². The lowest BCUT2D eigenvalue weighted by atomic mass is 10.1. The zero-order valence-corrected chi connectivity index (χ0v) is 9.93. The number of carboxylic acids is 1. The highest BCUT2D eigenvalue weighted by Gasteiger charge is 2.12. The van der Waals surface area contributed by atoms with Crippen molar-refractivity contribution in [2.24, 2.45) is 0 Å². The van der Waals surface area contributed by atoms with Crippen LogP contribution >= 0.6 is 0 Å². The first-order chi connectivity index (χ1) is 8.27. The van der Waals surface area contributed by atoms with Crippen molar-refractivity contribution in [2.75, 3.05) is 18.0 Å². The van der Waals surface area contributed by atoms with Gasteiger partial charge in [-0.25, -0.2) is 9.78 Å². The topological polar surface area (TPSA) is 53.4 Å². The molecule has 1 aromatic heterocycles. The second-order valence-electron chi connectivity index (χ2n) is 4.44. The molecule has 1 fully saturated rings. The van der Waals surface area contributed by atoms with Gasteiger partial charge in [0.25, 0.3) is 0 Å². The van der Waals surface area contributed by atoms with Gasteiger partial charge in [0, 0.05) is 13.1 Å². The van der Waals surface area contributed by atoms with Crippen molar-refractivity contribution in [1.82, 2.24) is 4.98 Å². The van der Waals surface area contributed by atoms with Crippen LogP contribution in [0.1, 0.15) is 42.6 Å². The maximum atomic E-state index is 10.9. The minimum atomic E-state index is -0.959. The molecule has 0 amide bonds. The Labute approximate surface area is 101 Å². The zero-order valence-electron chi connectivity index (χ0n) is 9.93. The molecule has 1 aromatic rings. The fourth-order valence-electron chi connectivity index (χ4n) is 2.20. The third-order valence-corrected chi connectivity index (χ3v) is 3.13. The molecule has 4 nitrogen and oxygen atoms in total. The Morgan fingerprint density at radius 3 is 2.41 bits per heavy atom. The van der Waals surface area contributed by atoms with Crippen LogP contribution in [0, 0.1) is 0 Å². The molecule has 17 heavy (non-hydrogen) atoms. The van der Waals surface area contributed by atoms with E-state index in [4.69, 9.17) is 5.11 Å². The fourth-order valence-corrected chi connectivity index (χ4v) is 2.20. The Morgan fingerprint density at radius 2 is 1.76 bits per heavy atom. The van der Waals surface area contributed by atoms with Crippen LogP contribution in [0.4, 0.5) is 5.82 Å². The van der Waals surface area contributed by atoms with Gasteiger partial charge >= 0.3 is 5.97 Å². The van der Waals surface area contributed by atoms with Gasteiger partial charge in [-0.3, -0.25) is 0 Å². The third-order valence-electron chi connectivity index (χ3n) is 3.13. The first-order valence-electron chi connectivity index (χ1n) is 6.23. The maximum Gasteiger partial charge on any atom is 0.354 e. The normalized spacial score (nSPS) is 17.3. The van der Waals surface area contributed by atoms with E-state index in [1.54, 1.807) is 6.07 Å². The third kappa shape index (κ3) is 3.19. The van der Waals surface area contributed by atoms with Crippen molar-refractivity contribution in [1.29, 1.82) is 0 Å². The van der Waals surface area contributed by atoms with Crippen LogP contribution < -0.4 is 4.90 Å². The molecule has 4 heteroatoms. The molecule has 2 heterocycles. The molecule has 0 radical (unpaired) electrons. The molecule has 1 aliphatic heterocycles. The number of nitrogens with zero attached hydrogens (tertiary/aromatic N) is 2. The summed E-state index contributed by atoms with van der Waals surface area (Å²) < 4.78 is 0. The van der Waals surface area contributed by atoms with E-state index >= 15 is 0 Å². The average Bonchev–Trinajstić information content (AvgIpc) is 2.28. The fraction of sp³-hybridized carbons (Fsp3) is 0.538. The lowest BCUT2D eigenvalue weighted by Gasteiger charge is -2.25. The summed E-state index contributed by atoms with van der Waals surface area (Å²) in [6, 6.07) is 5.20. The van der Waals surface area contributed by atoms with Crippen LogP contribution in [0.3, 0.4) is 0 Å². The molecule has 1 N–H and O–H groups in total. The number of pyridine rings is 1. The van der Waals surface area contributed by atoms with Crippen molar-refractivity contribution >= 4 is 11.8 Å². The van der Waals surface area contributed by atoms with Crippen molar-refractivity contribution in [3.05, 3.63) is 23.9 Å². The van der Waals surface area contributed by atoms with Crippen LogP contribution in [-0.2, 0) is 0 Å². The molecule has 0 aromatic carbocycles. The Balaban J connectivity index is 2.13. The molecule has 2 rings (SSSR count). The van der Waals surface area contributed by atoms with Gasteiger partial charge < -0.3 is 10.0 Å². The van der Waals surface area contributed by atoms with Gasteiger partial charge in [-0.05, 0) is 25.0 Å². The van der Waals surface area contributed by atoms with Crippen molar-refractivity contribution in [3.8, 4) is 0 Å². The van der Waals surface area contributed by atoms with E-state index in [0.717, 1.165) is 18.9 Å². The van der Waals surface area contributed by atoms with Gasteiger partial charge in [0.05, 0.1) is 0 Å². The van der Waals surface area contributed by atoms with Crippen molar-refractivity contribution in [3.63, 3.8) is 0 Å². The quantitative estimate of drug-likeness (QED) is 0.854. The number of rotatable bonds is 2. The molecular weight excluding hydrogens is 216 g/mol. The highest BCUT2D eigenvalue weighted by molar-refractivity contribution is 5.85. The Bertz CT molecular complexity index is 385. The molecule has 0 saturated carbocycles. The smallest absolute Gasteiger partial charge is 0.354 e. The molecular formula is C13H18N2O2. The molecule has 0 unspecified atom stereocenters. The monoisotopic (exact) mass is 234 g/mol. The first kappa shape index (κ1) is 11.9. The molecule has 1 aliphatic rings. The van der Waals surface area contributed by atoms with E-state index < -0.39 is 5.97 Å². The number of hydrogen-bond acceptors (Lipinski definition) is 3. The van der Waals surface area contributed by atoms with E-state index in [9.17, 15) is 4.79 Å². The Kier molecular flexibility index (Phi) is 3.96. The summed E-state index contributed by atoms with van der Waals surface area (Å²) in [6.45, 7) is 1.96. The van der Waals surface area contributed by atoms with E-state index in [0.29, 0.717) is 0 Å². The highest BCUT2D eigenvalue weighted by atomic mass is 16.4. The lowest BCUT2D eigenvalue weighted by molar-refractivity contribution is 0.0690. The Morgan fingerprint density at radius 1 is 1.12 bits per heavy atom. The first-order valence-corrected chi connectivity index (χ1v) is 6.23. The predicted octanol–water partition coefficient (Wildman–Crippen LogP) is 2.55. The minimum absolute atomic E-state index is 0.129. The van der Waals surface area contributed by atoms with Crippen molar-refractivity contribution in [2.45, 2.75) is 32.1 Å². The van der Waals surface area contributed by atoms with Crippen LogP contribution in [-0.4, -0.2) is 29.1 Å². The molecule has 0 bridgehead atoms. The van der Waals surface area contributed by atoms with Crippen molar-refractivity contribution < 1.29 is 9.90 Å². The molecule has 92 valence electrons. The number of carbonyl (C=O) groups is 1. The van der Waals surface area contributed by atoms with E-state index in [1.165, 1.54) is 38.2 Å². The summed E-state index contributed by atoms with van der Waals surface area (Å²) in [5, 5.41) is 8.93. The van der Waals surface area contributed by atoms with E-state index in [1.807, 2.05) is 6.07 Å². The number of anilines is 1. The van der Waals surface area contributed by atoms with Gasteiger partial charge in [0.2, 0.25) is 0 Å².